The Hall–Kier alpha value is -2.81. The van der Waals surface area contributed by atoms with E-state index in [-0.39, 0.29) is 17.9 Å². The first kappa shape index (κ1) is 18.5. The van der Waals surface area contributed by atoms with Crippen molar-refractivity contribution in [1.29, 1.82) is 0 Å². The van der Waals surface area contributed by atoms with E-state index in [1.807, 2.05) is 24.3 Å². The van der Waals surface area contributed by atoms with Crippen LogP contribution in [0.4, 0.5) is 5.69 Å². The number of hydrogen-bond donors (Lipinski definition) is 2. The molecule has 4 rings (SSSR count). The van der Waals surface area contributed by atoms with Crippen molar-refractivity contribution in [3.63, 3.8) is 0 Å². The summed E-state index contributed by atoms with van der Waals surface area (Å²) in [7, 11) is 0. The fourth-order valence-corrected chi connectivity index (χ4v) is 3.75. The first-order valence-electron chi connectivity index (χ1n) is 8.95. The summed E-state index contributed by atoms with van der Waals surface area (Å²) in [6.45, 7) is 1.90. The van der Waals surface area contributed by atoms with Crippen molar-refractivity contribution >= 4 is 39.1 Å². The highest BCUT2D eigenvalue weighted by atomic mass is 32.1. The third-order valence-electron chi connectivity index (χ3n) is 4.39. The summed E-state index contributed by atoms with van der Waals surface area (Å²) in [6.07, 6.45) is -0.166. The standard InChI is InChI=1S/C20H19N3O4S/c24-19(21-11-13-12-26-9-10-27-13)14-5-1-3-7-16(14)22-20(25)18-15-6-2-4-8-17(15)28-23-18/h1-8,13H,9-12H2,(H,21,24)(H,22,25). The van der Waals surface area contributed by atoms with Crippen molar-refractivity contribution in [3.8, 4) is 0 Å². The van der Waals surface area contributed by atoms with E-state index in [2.05, 4.69) is 15.0 Å². The van der Waals surface area contributed by atoms with E-state index in [4.69, 9.17) is 9.47 Å². The SMILES string of the molecule is O=C(NCC1COCCO1)c1ccccc1NC(=O)c1nsc2ccccc12. The number of nitrogens with zero attached hydrogens (tertiary/aromatic N) is 1. The van der Waals surface area contributed by atoms with Crippen LogP contribution in [-0.2, 0) is 9.47 Å². The van der Waals surface area contributed by atoms with Crippen LogP contribution in [0.2, 0.25) is 0 Å². The number of hydrogen-bond acceptors (Lipinski definition) is 6. The zero-order valence-corrected chi connectivity index (χ0v) is 15.8. The summed E-state index contributed by atoms with van der Waals surface area (Å²) in [5.41, 5.74) is 1.17. The minimum atomic E-state index is -0.346. The fraction of sp³-hybridized carbons (Fsp3) is 0.250. The maximum atomic E-state index is 12.7. The molecule has 0 bridgehead atoms. The van der Waals surface area contributed by atoms with Gasteiger partial charge in [-0.25, -0.2) is 0 Å². The molecule has 2 aromatic carbocycles. The monoisotopic (exact) mass is 397 g/mol. The highest BCUT2D eigenvalue weighted by Crippen LogP contribution is 2.24. The Labute approximate surface area is 165 Å². The average Bonchev–Trinajstić information content (AvgIpc) is 3.17. The number of para-hydroxylation sites is 1. The predicted molar refractivity (Wildman–Crippen MR) is 107 cm³/mol. The summed E-state index contributed by atoms with van der Waals surface area (Å²) < 4.78 is 16.1. The number of carbonyl (C=O) groups is 2. The predicted octanol–water partition coefficient (Wildman–Crippen LogP) is 2.69. The molecule has 2 heterocycles. The molecule has 1 saturated heterocycles. The Bertz CT molecular complexity index is 998. The van der Waals surface area contributed by atoms with Crippen molar-refractivity contribution < 1.29 is 19.1 Å². The molecule has 7 nitrogen and oxygen atoms in total. The molecule has 1 aliphatic rings. The van der Waals surface area contributed by atoms with E-state index in [9.17, 15) is 9.59 Å². The summed E-state index contributed by atoms with van der Waals surface area (Å²) >= 11 is 1.27. The molecule has 144 valence electrons. The lowest BCUT2D eigenvalue weighted by Gasteiger charge is -2.23. The lowest BCUT2D eigenvalue weighted by molar-refractivity contribution is -0.0855. The Balaban J connectivity index is 1.47. The van der Waals surface area contributed by atoms with Gasteiger partial charge in [0.25, 0.3) is 11.8 Å². The van der Waals surface area contributed by atoms with Gasteiger partial charge in [-0.1, -0.05) is 30.3 Å². The Kier molecular flexibility index (Phi) is 5.61. The lowest BCUT2D eigenvalue weighted by Crippen LogP contribution is -2.39. The van der Waals surface area contributed by atoms with Gasteiger partial charge in [-0.2, -0.15) is 4.37 Å². The number of amides is 2. The maximum absolute atomic E-state index is 12.7. The fourth-order valence-electron chi connectivity index (χ4n) is 2.98. The molecule has 1 aliphatic heterocycles. The summed E-state index contributed by atoms with van der Waals surface area (Å²) in [4.78, 5) is 25.4. The van der Waals surface area contributed by atoms with E-state index in [1.165, 1.54) is 11.5 Å². The number of rotatable bonds is 5. The van der Waals surface area contributed by atoms with Gasteiger partial charge in [0, 0.05) is 11.9 Å². The van der Waals surface area contributed by atoms with Crippen molar-refractivity contribution in [3.05, 3.63) is 59.8 Å². The number of ether oxygens (including phenoxy) is 2. The smallest absolute Gasteiger partial charge is 0.276 e. The topological polar surface area (TPSA) is 89.5 Å². The van der Waals surface area contributed by atoms with Gasteiger partial charge in [0.15, 0.2) is 0 Å². The molecule has 3 aromatic rings. The average molecular weight is 397 g/mol. The van der Waals surface area contributed by atoms with E-state index in [0.717, 1.165) is 10.1 Å². The molecule has 28 heavy (non-hydrogen) atoms. The number of anilines is 1. The molecule has 0 aliphatic carbocycles. The summed E-state index contributed by atoms with van der Waals surface area (Å²) in [5, 5.41) is 6.44. The molecular formula is C20H19N3O4S. The zero-order valence-electron chi connectivity index (χ0n) is 15.0. The van der Waals surface area contributed by atoms with Crippen LogP contribution >= 0.6 is 11.5 Å². The van der Waals surface area contributed by atoms with Gasteiger partial charge in [-0.3, -0.25) is 9.59 Å². The van der Waals surface area contributed by atoms with E-state index in [1.54, 1.807) is 24.3 Å². The van der Waals surface area contributed by atoms with Gasteiger partial charge in [-0.15, -0.1) is 0 Å². The van der Waals surface area contributed by atoms with E-state index >= 15 is 0 Å². The van der Waals surface area contributed by atoms with Crippen molar-refractivity contribution in [1.82, 2.24) is 9.69 Å². The largest absolute Gasteiger partial charge is 0.376 e. The molecule has 0 saturated carbocycles. The summed E-state index contributed by atoms with van der Waals surface area (Å²) in [6, 6.07) is 14.4. The minimum Gasteiger partial charge on any atom is -0.376 e. The minimum absolute atomic E-state index is 0.166. The van der Waals surface area contributed by atoms with Crippen LogP contribution < -0.4 is 10.6 Å². The molecule has 0 spiro atoms. The maximum Gasteiger partial charge on any atom is 0.276 e. The third-order valence-corrected chi connectivity index (χ3v) is 5.21. The number of aromatic nitrogens is 1. The molecule has 2 amide bonds. The molecule has 1 fully saturated rings. The second-order valence-corrected chi connectivity index (χ2v) is 7.11. The normalized spacial score (nSPS) is 16.6. The zero-order chi connectivity index (χ0) is 19.3. The van der Waals surface area contributed by atoms with Crippen molar-refractivity contribution in [2.75, 3.05) is 31.7 Å². The van der Waals surface area contributed by atoms with Gasteiger partial charge in [0.2, 0.25) is 0 Å². The second kappa shape index (κ2) is 8.47. The van der Waals surface area contributed by atoms with Crippen LogP contribution in [0.5, 0.6) is 0 Å². The first-order valence-corrected chi connectivity index (χ1v) is 9.72. The van der Waals surface area contributed by atoms with Crippen LogP contribution in [0, 0.1) is 0 Å². The van der Waals surface area contributed by atoms with Crippen molar-refractivity contribution in [2.45, 2.75) is 6.10 Å². The van der Waals surface area contributed by atoms with E-state index in [0.29, 0.717) is 43.3 Å². The summed E-state index contributed by atoms with van der Waals surface area (Å²) in [5.74, 6) is -0.630. The third kappa shape index (κ3) is 4.04. The van der Waals surface area contributed by atoms with Gasteiger partial charge in [0.05, 0.1) is 41.9 Å². The molecule has 0 radical (unpaired) electrons. The van der Waals surface area contributed by atoms with Crippen LogP contribution in [0.25, 0.3) is 10.1 Å². The van der Waals surface area contributed by atoms with Gasteiger partial charge in [-0.05, 0) is 29.7 Å². The Morgan fingerprint density at radius 1 is 1.07 bits per heavy atom. The van der Waals surface area contributed by atoms with Crippen LogP contribution in [0.15, 0.2) is 48.5 Å². The highest BCUT2D eigenvalue weighted by molar-refractivity contribution is 7.13. The van der Waals surface area contributed by atoms with Crippen LogP contribution in [0.1, 0.15) is 20.8 Å². The highest BCUT2D eigenvalue weighted by Gasteiger charge is 2.19. The van der Waals surface area contributed by atoms with Gasteiger partial charge in [0.1, 0.15) is 5.69 Å². The van der Waals surface area contributed by atoms with Crippen LogP contribution in [-0.4, -0.2) is 48.7 Å². The Morgan fingerprint density at radius 2 is 1.89 bits per heavy atom. The van der Waals surface area contributed by atoms with Crippen molar-refractivity contribution in [2.24, 2.45) is 0 Å². The molecule has 1 atom stereocenters. The number of nitrogens with one attached hydrogen (secondary N) is 2. The molecule has 1 unspecified atom stereocenters. The first-order chi connectivity index (χ1) is 13.7. The number of fused-ring (bicyclic) bond motifs is 1. The molecule has 2 N–H and O–H groups in total. The second-order valence-electron chi connectivity index (χ2n) is 6.30. The Morgan fingerprint density at radius 3 is 2.75 bits per heavy atom. The number of carbonyl (C=O) groups excluding carboxylic acids is 2. The van der Waals surface area contributed by atoms with Crippen LogP contribution in [0.3, 0.4) is 0 Å². The number of benzene rings is 2. The quantitative estimate of drug-likeness (QED) is 0.691. The van der Waals surface area contributed by atoms with Gasteiger partial charge < -0.3 is 20.1 Å². The van der Waals surface area contributed by atoms with E-state index < -0.39 is 0 Å². The lowest BCUT2D eigenvalue weighted by atomic mass is 10.1. The van der Waals surface area contributed by atoms with Gasteiger partial charge >= 0.3 is 0 Å². The molecular weight excluding hydrogens is 378 g/mol. The molecule has 1 aromatic heterocycles. The molecule has 8 heteroatoms.